The molecular formula is C7H6FN2O2S-. The van der Waals surface area contributed by atoms with E-state index in [-0.39, 0.29) is 0 Å². The van der Waals surface area contributed by atoms with Crippen molar-refractivity contribution in [2.24, 2.45) is 10.2 Å². The molecule has 0 radical (unpaired) electrons. The third-order valence-electron chi connectivity index (χ3n) is 1.16. The predicted octanol–water partition coefficient (Wildman–Crippen LogP) is 1.75. The third kappa shape index (κ3) is 3.86. The van der Waals surface area contributed by atoms with E-state index >= 15 is 0 Å². The second-order valence-corrected chi connectivity index (χ2v) is 3.02. The second kappa shape index (κ2) is 4.78. The van der Waals surface area contributed by atoms with Crippen molar-refractivity contribution in [3.05, 3.63) is 30.1 Å². The van der Waals surface area contributed by atoms with Crippen LogP contribution in [0.25, 0.3) is 0 Å². The van der Waals surface area contributed by atoms with Crippen LogP contribution in [0.3, 0.4) is 0 Å². The summed E-state index contributed by atoms with van der Waals surface area (Å²) in [5, 5.41) is 6.83. The number of nitrogens with zero attached hydrogens (tertiary/aromatic N) is 2. The van der Waals surface area contributed by atoms with Gasteiger partial charge in [0.15, 0.2) is 0 Å². The van der Waals surface area contributed by atoms with Crippen LogP contribution in [0.4, 0.5) is 10.1 Å². The smallest absolute Gasteiger partial charge is 0.125 e. The van der Waals surface area contributed by atoms with Gasteiger partial charge in [0.1, 0.15) is 11.7 Å². The van der Waals surface area contributed by atoms with Crippen LogP contribution in [0.1, 0.15) is 0 Å². The average molecular weight is 201 g/mol. The van der Waals surface area contributed by atoms with Crippen LogP contribution in [0, 0.1) is 5.82 Å². The van der Waals surface area contributed by atoms with Gasteiger partial charge in [-0.05, 0) is 23.2 Å². The first kappa shape index (κ1) is 9.94. The molecule has 0 amide bonds. The van der Waals surface area contributed by atoms with Crippen LogP contribution in [0.15, 0.2) is 34.5 Å². The molecule has 0 fully saturated rings. The molecule has 70 valence electrons. The summed E-state index contributed by atoms with van der Waals surface area (Å²) in [4.78, 5) is 0. The molecule has 6 heteroatoms. The molecular weight excluding hydrogens is 195 g/mol. The van der Waals surface area contributed by atoms with Crippen molar-refractivity contribution in [3.8, 4) is 0 Å². The zero-order valence-electron chi connectivity index (χ0n) is 6.51. The number of hydrogen-bond acceptors (Lipinski definition) is 4. The fourth-order valence-corrected chi connectivity index (χ4v) is 0.848. The maximum Gasteiger partial charge on any atom is 0.125 e. The van der Waals surface area contributed by atoms with Crippen LogP contribution in [-0.2, 0) is 11.1 Å². The van der Waals surface area contributed by atoms with Crippen LogP contribution >= 0.6 is 0 Å². The Morgan fingerprint density at radius 3 is 2.92 bits per heavy atom. The van der Waals surface area contributed by atoms with Crippen molar-refractivity contribution in [3.63, 3.8) is 0 Å². The Kier molecular flexibility index (Phi) is 3.66. The maximum atomic E-state index is 12.5. The van der Waals surface area contributed by atoms with Gasteiger partial charge in [0.05, 0.1) is 5.69 Å². The summed E-state index contributed by atoms with van der Waals surface area (Å²) in [6.45, 7) is 0. The summed E-state index contributed by atoms with van der Waals surface area (Å²) in [6.07, 6.45) is 0. The molecule has 0 aliphatic carbocycles. The summed E-state index contributed by atoms with van der Waals surface area (Å²) in [5.41, 5.74) is 0.297. The Morgan fingerprint density at radius 1 is 1.54 bits per heavy atom. The minimum Gasteiger partial charge on any atom is -0.771 e. The topological polar surface area (TPSA) is 64.8 Å². The quantitative estimate of drug-likeness (QED) is 0.552. The fraction of sp³-hybridized carbons (Fsp3) is 0.143. The Hall–Kier alpha value is -1.14. The second-order valence-electron chi connectivity index (χ2n) is 2.15. The SMILES string of the molecule is O=S([O-])CN=Nc1cccc(F)c1. The highest BCUT2D eigenvalue weighted by Gasteiger charge is 1.91. The van der Waals surface area contributed by atoms with E-state index in [0.717, 1.165) is 6.07 Å². The Labute approximate surface area is 76.8 Å². The molecule has 0 bridgehead atoms. The Morgan fingerprint density at radius 2 is 2.31 bits per heavy atom. The number of halogens is 1. The standard InChI is InChI=1S/C7H7FN2O2S/c8-6-2-1-3-7(4-6)10-9-5-13(11)12/h1-4H,5H2,(H,11,12)/p-1. The van der Waals surface area contributed by atoms with Crippen molar-refractivity contribution in [1.29, 1.82) is 0 Å². The molecule has 0 saturated heterocycles. The number of benzene rings is 1. The lowest BCUT2D eigenvalue weighted by molar-refractivity contribution is 0.536. The first-order valence-electron chi connectivity index (χ1n) is 3.37. The minimum absolute atomic E-state index is 0.297. The zero-order chi connectivity index (χ0) is 9.68. The predicted molar refractivity (Wildman–Crippen MR) is 44.7 cm³/mol. The number of hydrogen-bond donors (Lipinski definition) is 0. The lowest BCUT2D eigenvalue weighted by Crippen LogP contribution is -1.88. The van der Waals surface area contributed by atoms with Gasteiger partial charge >= 0.3 is 0 Å². The largest absolute Gasteiger partial charge is 0.771 e. The molecule has 0 N–H and O–H groups in total. The number of azo groups is 1. The van der Waals surface area contributed by atoms with E-state index in [1.807, 2.05) is 0 Å². The van der Waals surface area contributed by atoms with E-state index in [2.05, 4.69) is 10.2 Å². The van der Waals surface area contributed by atoms with E-state index in [1.54, 1.807) is 0 Å². The van der Waals surface area contributed by atoms with E-state index in [9.17, 15) is 13.2 Å². The van der Waals surface area contributed by atoms with Gasteiger partial charge in [0.2, 0.25) is 0 Å². The van der Waals surface area contributed by atoms with E-state index in [1.165, 1.54) is 18.2 Å². The van der Waals surface area contributed by atoms with Crippen LogP contribution < -0.4 is 0 Å². The van der Waals surface area contributed by atoms with Gasteiger partial charge in [0.25, 0.3) is 0 Å². The van der Waals surface area contributed by atoms with Gasteiger partial charge in [-0.15, -0.1) is 0 Å². The molecule has 0 saturated carbocycles. The molecule has 0 aliphatic heterocycles. The van der Waals surface area contributed by atoms with Crippen molar-refractivity contribution in [2.45, 2.75) is 0 Å². The molecule has 0 aromatic heterocycles. The van der Waals surface area contributed by atoms with Crippen molar-refractivity contribution < 1.29 is 13.2 Å². The molecule has 1 aromatic carbocycles. The third-order valence-corrected chi connectivity index (χ3v) is 1.48. The molecule has 1 atom stereocenters. The molecule has 1 unspecified atom stereocenters. The Balaban J connectivity index is 2.63. The Bertz CT molecular complexity index is 343. The average Bonchev–Trinajstić information content (AvgIpc) is 2.03. The van der Waals surface area contributed by atoms with Gasteiger partial charge in [0, 0.05) is 6.07 Å². The summed E-state index contributed by atoms with van der Waals surface area (Å²) in [7, 11) is 0. The normalized spacial score (nSPS) is 13.4. The van der Waals surface area contributed by atoms with E-state index in [4.69, 9.17) is 0 Å². The molecule has 4 nitrogen and oxygen atoms in total. The summed E-state index contributed by atoms with van der Waals surface area (Å²) in [6, 6.07) is 5.43. The van der Waals surface area contributed by atoms with Gasteiger partial charge in [-0.2, -0.15) is 10.2 Å². The first-order valence-corrected chi connectivity index (χ1v) is 4.62. The van der Waals surface area contributed by atoms with Crippen LogP contribution in [0.5, 0.6) is 0 Å². The van der Waals surface area contributed by atoms with Gasteiger partial charge in [-0.3, -0.25) is 4.21 Å². The molecule has 0 spiro atoms. The van der Waals surface area contributed by atoms with Gasteiger partial charge in [-0.25, -0.2) is 4.39 Å². The van der Waals surface area contributed by atoms with Gasteiger partial charge < -0.3 is 4.55 Å². The van der Waals surface area contributed by atoms with Gasteiger partial charge in [-0.1, -0.05) is 6.07 Å². The summed E-state index contributed by atoms with van der Waals surface area (Å²) in [5.74, 6) is -0.837. The zero-order valence-corrected chi connectivity index (χ0v) is 7.33. The van der Waals surface area contributed by atoms with E-state index < -0.39 is 22.8 Å². The number of rotatable bonds is 3. The van der Waals surface area contributed by atoms with Crippen molar-refractivity contribution in [1.82, 2.24) is 0 Å². The first-order chi connectivity index (χ1) is 6.18. The van der Waals surface area contributed by atoms with Crippen molar-refractivity contribution >= 4 is 16.8 Å². The summed E-state index contributed by atoms with van der Waals surface area (Å²) < 4.78 is 32.6. The molecule has 13 heavy (non-hydrogen) atoms. The highest BCUT2D eigenvalue weighted by atomic mass is 32.2. The lowest BCUT2D eigenvalue weighted by Gasteiger charge is -1.96. The monoisotopic (exact) mass is 201 g/mol. The molecule has 0 aliphatic rings. The van der Waals surface area contributed by atoms with E-state index in [0.29, 0.717) is 5.69 Å². The highest BCUT2D eigenvalue weighted by molar-refractivity contribution is 7.79. The van der Waals surface area contributed by atoms with Crippen LogP contribution in [-0.4, -0.2) is 14.6 Å². The van der Waals surface area contributed by atoms with Crippen LogP contribution in [0.2, 0.25) is 0 Å². The van der Waals surface area contributed by atoms with Crippen molar-refractivity contribution in [2.75, 3.05) is 5.88 Å². The molecule has 0 heterocycles. The molecule has 1 rings (SSSR count). The maximum absolute atomic E-state index is 12.5. The fourth-order valence-electron chi connectivity index (χ4n) is 0.696. The minimum atomic E-state index is -2.25. The highest BCUT2D eigenvalue weighted by Crippen LogP contribution is 2.12. The summed E-state index contributed by atoms with van der Waals surface area (Å²) >= 11 is -2.25. The molecule has 1 aromatic rings. The lowest BCUT2D eigenvalue weighted by atomic mass is 10.3.